The standard InChI is InChI=1S/C19H24ClN3O6S2/c1-14-4-6-15(7-5-14)30(25,26)22-11-10-21-19(24)13-23(2)31(27,28)16-8-9-18(29-3)17(20)12-16/h4-9,12,22H,10-11,13H2,1-3H3,(H,21,24). The Morgan fingerprint density at radius 2 is 1.65 bits per heavy atom. The summed E-state index contributed by atoms with van der Waals surface area (Å²) in [6.07, 6.45) is 0. The van der Waals surface area contributed by atoms with Crippen molar-refractivity contribution in [3.63, 3.8) is 0 Å². The average molecular weight is 490 g/mol. The van der Waals surface area contributed by atoms with Crippen LogP contribution in [0.25, 0.3) is 0 Å². The van der Waals surface area contributed by atoms with Crippen LogP contribution in [0.2, 0.25) is 5.02 Å². The number of halogens is 1. The van der Waals surface area contributed by atoms with Gasteiger partial charge in [0.05, 0.1) is 28.5 Å². The lowest BCUT2D eigenvalue weighted by Crippen LogP contribution is -2.41. The number of carbonyl (C=O) groups excluding carboxylic acids is 1. The van der Waals surface area contributed by atoms with Gasteiger partial charge < -0.3 is 10.1 Å². The maximum atomic E-state index is 12.6. The topological polar surface area (TPSA) is 122 Å². The maximum absolute atomic E-state index is 12.6. The van der Waals surface area contributed by atoms with Gasteiger partial charge in [0.1, 0.15) is 5.75 Å². The fraction of sp³-hybridized carbons (Fsp3) is 0.316. The Morgan fingerprint density at radius 1 is 1.03 bits per heavy atom. The Hall–Kier alpha value is -2.18. The van der Waals surface area contributed by atoms with Crippen LogP contribution < -0.4 is 14.8 Å². The van der Waals surface area contributed by atoms with Crippen molar-refractivity contribution in [1.82, 2.24) is 14.3 Å². The van der Waals surface area contributed by atoms with E-state index in [0.29, 0.717) is 5.75 Å². The summed E-state index contributed by atoms with van der Waals surface area (Å²) in [6.45, 7) is 1.34. The Balaban J connectivity index is 1.87. The highest BCUT2D eigenvalue weighted by molar-refractivity contribution is 7.89. The molecule has 0 spiro atoms. The van der Waals surface area contributed by atoms with Gasteiger partial charge in [0.15, 0.2) is 0 Å². The number of methoxy groups -OCH3 is 1. The van der Waals surface area contributed by atoms with Gasteiger partial charge in [0.25, 0.3) is 0 Å². The van der Waals surface area contributed by atoms with E-state index in [0.717, 1.165) is 9.87 Å². The SMILES string of the molecule is COc1ccc(S(=O)(=O)N(C)CC(=O)NCCNS(=O)(=O)c2ccc(C)cc2)cc1Cl. The molecule has 0 radical (unpaired) electrons. The predicted octanol–water partition coefficient (Wildman–Crippen LogP) is 1.37. The van der Waals surface area contributed by atoms with E-state index in [4.69, 9.17) is 16.3 Å². The molecule has 31 heavy (non-hydrogen) atoms. The highest BCUT2D eigenvalue weighted by atomic mass is 35.5. The number of rotatable bonds is 10. The van der Waals surface area contributed by atoms with Gasteiger partial charge in [-0.15, -0.1) is 0 Å². The molecule has 0 aromatic heterocycles. The summed E-state index contributed by atoms with van der Waals surface area (Å²) in [5.74, 6) is -0.255. The van der Waals surface area contributed by atoms with E-state index in [1.165, 1.54) is 44.5 Å². The molecule has 2 N–H and O–H groups in total. The minimum Gasteiger partial charge on any atom is -0.495 e. The van der Waals surface area contributed by atoms with Crippen molar-refractivity contribution in [3.05, 3.63) is 53.1 Å². The molecule has 0 saturated heterocycles. The van der Waals surface area contributed by atoms with Crippen LogP contribution in [0, 0.1) is 6.92 Å². The van der Waals surface area contributed by atoms with Crippen LogP contribution in [0.1, 0.15) is 5.56 Å². The highest BCUT2D eigenvalue weighted by Crippen LogP contribution is 2.28. The van der Waals surface area contributed by atoms with Gasteiger partial charge in [-0.2, -0.15) is 4.31 Å². The second kappa shape index (κ2) is 10.4. The number of sulfonamides is 2. The number of likely N-dealkylation sites (N-methyl/N-ethyl adjacent to an activating group) is 1. The molecular formula is C19H24ClN3O6S2. The molecule has 1 amide bonds. The van der Waals surface area contributed by atoms with Gasteiger partial charge in [-0.3, -0.25) is 4.79 Å². The normalized spacial score (nSPS) is 12.0. The molecule has 0 aliphatic carbocycles. The molecule has 12 heteroatoms. The smallest absolute Gasteiger partial charge is 0.243 e. The lowest BCUT2D eigenvalue weighted by atomic mass is 10.2. The van der Waals surface area contributed by atoms with Gasteiger partial charge in [-0.05, 0) is 37.3 Å². The molecule has 0 bridgehead atoms. The van der Waals surface area contributed by atoms with Gasteiger partial charge in [-0.1, -0.05) is 29.3 Å². The summed E-state index contributed by atoms with van der Waals surface area (Å²) in [7, 11) is -4.98. The molecule has 0 unspecified atom stereocenters. The number of aryl methyl sites for hydroxylation is 1. The number of carbonyl (C=O) groups is 1. The fourth-order valence-electron chi connectivity index (χ4n) is 2.52. The second-order valence-electron chi connectivity index (χ2n) is 6.62. The summed E-state index contributed by atoms with van der Waals surface area (Å²) < 4.78 is 57.9. The molecule has 0 aliphatic heterocycles. The minimum atomic E-state index is -3.95. The van der Waals surface area contributed by atoms with E-state index in [9.17, 15) is 21.6 Å². The third-order valence-corrected chi connectivity index (χ3v) is 7.84. The van der Waals surface area contributed by atoms with E-state index in [1.54, 1.807) is 12.1 Å². The molecule has 0 heterocycles. The monoisotopic (exact) mass is 489 g/mol. The third kappa shape index (κ3) is 6.65. The first-order chi connectivity index (χ1) is 14.5. The zero-order valence-corrected chi connectivity index (χ0v) is 19.6. The van der Waals surface area contributed by atoms with Crippen LogP contribution in [0.3, 0.4) is 0 Å². The molecule has 9 nitrogen and oxygen atoms in total. The van der Waals surface area contributed by atoms with Gasteiger partial charge in [-0.25, -0.2) is 21.6 Å². The van der Waals surface area contributed by atoms with Crippen LogP contribution in [0.4, 0.5) is 0 Å². The van der Waals surface area contributed by atoms with Crippen LogP contribution >= 0.6 is 11.6 Å². The number of nitrogens with zero attached hydrogens (tertiary/aromatic N) is 1. The average Bonchev–Trinajstić information content (AvgIpc) is 2.71. The Morgan fingerprint density at radius 3 is 2.23 bits per heavy atom. The zero-order chi connectivity index (χ0) is 23.2. The molecule has 0 fully saturated rings. The summed E-state index contributed by atoms with van der Waals surface area (Å²) in [5, 5.41) is 2.61. The zero-order valence-electron chi connectivity index (χ0n) is 17.3. The number of amides is 1. The van der Waals surface area contributed by atoms with Crippen LogP contribution in [-0.2, 0) is 24.8 Å². The maximum Gasteiger partial charge on any atom is 0.243 e. The highest BCUT2D eigenvalue weighted by Gasteiger charge is 2.24. The van der Waals surface area contributed by atoms with E-state index in [-0.39, 0.29) is 27.9 Å². The lowest BCUT2D eigenvalue weighted by Gasteiger charge is -2.17. The first kappa shape index (κ1) is 25.1. The van der Waals surface area contributed by atoms with Crippen molar-refractivity contribution >= 4 is 37.6 Å². The van der Waals surface area contributed by atoms with Crippen molar-refractivity contribution in [3.8, 4) is 5.75 Å². The first-order valence-electron chi connectivity index (χ1n) is 9.10. The summed E-state index contributed by atoms with van der Waals surface area (Å²) in [6, 6.07) is 10.3. The fourth-order valence-corrected chi connectivity index (χ4v) is 5.03. The molecular weight excluding hydrogens is 466 g/mol. The third-order valence-electron chi connectivity index (χ3n) is 4.27. The second-order valence-corrected chi connectivity index (χ2v) is 10.8. The van der Waals surface area contributed by atoms with Crippen molar-refractivity contribution in [1.29, 1.82) is 0 Å². The molecule has 0 saturated carbocycles. The number of benzene rings is 2. The van der Waals surface area contributed by atoms with Gasteiger partial charge >= 0.3 is 0 Å². The summed E-state index contributed by atoms with van der Waals surface area (Å²) in [4.78, 5) is 12.1. The Bertz CT molecular complexity index is 1140. The molecule has 0 atom stereocenters. The number of ether oxygens (including phenoxy) is 1. The Labute approximate surface area is 187 Å². The molecule has 0 aliphatic rings. The predicted molar refractivity (Wildman–Crippen MR) is 117 cm³/mol. The largest absolute Gasteiger partial charge is 0.495 e. The van der Waals surface area contributed by atoms with Gasteiger partial charge in [0.2, 0.25) is 26.0 Å². The van der Waals surface area contributed by atoms with E-state index < -0.39 is 32.5 Å². The van der Waals surface area contributed by atoms with Crippen molar-refractivity contribution in [2.75, 3.05) is 33.8 Å². The summed E-state index contributed by atoms with van der Waals surface area (Å²) >= 11 is 5.98. The molecule has 170 valence electrons. The summed E-state index contributed by atoms with van der Waals surface area (Å²) in [5.41, 5.74) is 0.933. The number of hydrogen-bond donors (Lipinski definition) is 2. The van der Waals surface area contributed by atoms with Crippen molar-refractivity contribution < 1.29 is 26.4 Å². The Kier molecular flexibility index (Phi) is 8.43. The molecule has 2 rings (SSSR count). The number of hydrogen-bond acceptors (Lipinski definition) is 6. The first-order valence-corrected chi connectivity index (χ1v) is 12.4. The van der Waals surface area contributed by atoms with Gasteiger partial charge in [0, 0.05) is 20.1 Å². The molecule has 2 aromatic rings. The minimum absolute atomic E-state index is 0.00776. The molecule has 2 aromatic carbocycles. The number of nitrogens with one attached hydrogen (secondary N) is 2. The van der Waals surface area contributed by atoms with Crippen molar-refractivity contribution in [2.45, 2.75) is 16.7 Å². The van der Waals surface area contributed by atoms with Crippen LogP contribution in [0.5, 0.6) is 5.75 Å². The van der Waals surface area contributed by atoms with E-state index in [2.05, 4.69) is 10.0 Å². The van der Waals surface area contributed by atoms with E-state index in [1.807, 2.05) is 6.92 Å². The lowest BCUT2D eigenvalue weighted by molar-refractivity contribution is -0.121. The van der Waals surface area contributed by atoms with Crippen LogP contribution in [-0.4, -0.2) is 60.8 Å². The van der Waals surface area contributed by atoms with Crippen molar-refractivity contribution in [2.24, 2.45) is 0 Å². The quantitative estimate of drug-likeness (QED) is 0.486. The van der Waals surface area contributed by atoms with Crippen LogP contribution in [0.15, 0.2) is 52.3 Å². The van der Waals surface area contributed by atoms with E-state index >= 15 is 0 Å².